The van der Waals surface area contributed by atoms with E-state index in [-0.39, 0.29) is 24.3 Å². The van der Waals surface area contributed by atoms with Gasteiger partial charge in [-0.2, -0.15) is 0 Å². The van der Waals surface area contributed by atoms with Crippen LogP contribution in [0, 0.1) is 12.8 Å². The van der Waals surface area contributed by atoms with E-state index in [1.807, 2.05) is 0 Å². The van der Waals surface area contributed by atoms with Crippen LogP contribution < -0.4 is 5.32 Å². The number of hydrogen-bond acceptors (Lipinski definition) is 6. The van der Waals surface area contributed by atoms with Gasteiger partial charge in [-0.1, -0.05) is 0 Å². The summed E-state index contributed by atoms with van der Waals surface area (Å²) in [4.78, 5) is 23.5. The molecule has 0 radical (unpaired) electrons. The number of benzene rings is 1. The number of esters is 1. The van der Waals surface area contributed by atoms with Crippen LogP contribution in [0.1, 0.15) is 35.0 Å². The minimum Gasteiger partial charge on any atom is -0.452 e. The Bertz CT molecular complexity index is 689. The van der Waals surface area contributed by atoms with Gasteiger partial charge in [0.05, 0.1) is 5.56 Å². The molecule has 0 saturated heterocycles. The Morgan fingerprint density at radius 1 is 1.27 bits per heavy atom. The van der Waals surface area contributed by atoms with Crippen molar-refractivity contribution in [2.75, 3.05) is 5.32 Å². The summed E-state index contributed by atoms with van der Waals surface area (Å²) >= 11 is 0. The van der Waals surface area contributed by atoms with Crippen molar-refractivity contribution in [3.05, 3.63) is 41.6 Å². The maximum absolute atomic E-state index is 11.9. The van der Waals surface area contributed by atoms with Crippen molar-refractivity contribution >= 4 is 17.6 Å². The molecule has 1 saturated carbocycles. The van der Waals surface area contributed by atoms with Crippen molar-refractivity contribution in [2.45, 2.75) is 26.4 Å². The van der Waals surface area contributed by atoms with Crippen molar-refractivity contribution in [3.63, 3.8) is 0 Å². The zero-order chi connectivity index (χ0) is 15.5. The standard InChI is InChI=1S/C15H15N3O4/c1-9-17-18-13(22-9)8-21-15(20)11-4-6-12(7-5-11)16-14(19)10-2-3-10/h4-7,10H,2-3,8H2,1H3,(H,16,19). The minimum absolute atomic E-state index is 0.0297. The van der Waals surface area contributed by atoms with Gasteiger partial charge in [0.1, 0.15) is 0 Å². The number of hydrogen-bond donors (Lipinski definition) is 1. The van der Waals surface area contributed by atoms with Crippen LogP contribution in [-0.4, -0.2) is 22.1 Å². The molecule has 1 amide bonds. The van der Waals surface area contributed by atoms with Gasteiger partial charge in [0.25, 0.3) is 5.89 Å². The Morgan fingerprint density at radius 2 is 2.00 bits per heavy atom. The highest BCUT2D eigenvalue weighted by Crippen LogP contribution is 2.30. The first-order valence-corrected chi connectivity index (χ1v) is 6.99. The fourth-order valence-electron chi connectivity index (χ4n) is 1.89. The highest BCUT2D eigenvalue weighted by Gasteiger charge is 2.29. The number of rotatable bonds is 5. The van der Waals surface area contributed by atoms with Crippen molar-refractivity contribution in [3.8, 4) is 0 Å². The molecule has 0 aliphatic heterocycles. The van der Waals surface area contributed by atoms with E-state index in [2.05, 4.69) is 15.5 Å². The summed E-state index contributed by atoms with van der Waals surface area (Å²) < 4.78 is 10.2. The summed E-state index contributed by atoms with van der Waals surface area (Å²) in [7, 11) is 0. The van der Waals surface area contributed by atoms with Gasteiger partial charge >= 0.3 is 5.97 Å². The van der Waals surface area contributed by atoms with Crippen molar-refractivity contribution in [2.24, 2.45) is 5.92 Å². The molecule has 1 aliphatic rings. The molecule has 0 spiro atoms. The van der Waals surface area contributed by atoms with Gasteiger partial charge in [-0.25, -0.2) is 4.79 Å². The fraction of sp³-hybridized carbons (Fsp3) is 0.333. The summed E-state index contributed by atoms with van der Waals surface area (Å²) in [5.41, 5.74) is 1.06. The zero-order valence-electron chi connectivity index (χ0n) is 12.0. The molecule has 7 nitrogen and oxygen atoms in total. The largest absolute Gasteiger partial charge is 0.452 e. The Balaban J connectivity index is 1.54. The summed E-state index contributed by atoms with van der Waals surface area (Å²) in [6, 6.07) is 6.55. The quantitative estimate of drug-likeness (QED) is 0.850. The lowest BCUT2D eigenvalue weighted by Crippen LogP contribution is -2.13. The Hall–Kier alpha value is -2.70. The molecular formula is C15H15N3O4. The number of aryl methyl sites for hydroxylation is 1. The molecule has 1 aliphatic carbocycles. The van der Waals surface area contributed by atoms with Crippen LogP contribution in [-0.2, 0) is 16.1 Å². The van der Waals surface area contributed by atoms with Crippen LogP contribution in [0.2, 0.25) is 0 Å². The fourth-order valence-corrected chi connectivity index (χ4v) is 1.89. The second kappa shape index (κ2) is 5.97. The first-order valence-electron chi connectivity index (χ1n) is 6.99. The molecule has 7 heteroatoms. The first-order chi connectivity index (χ1) is 10.6. The lowest BCUT2D eigenvalue weighted by atomic mass is 10.2. The maximum Gasteiger partial charge on any atom is 0.338 e. The van der Waals surface area contributed by atoms with E-state index in [1.165, 1.54) is 0 Å². The molecule has 0 atom stereocenters. The molecule has 3 rings (SSSR count). The monoisotopic (exact) mass is 301 g/mol. The topological polar surface area (TPSA) is 94.3 Å². The van der Waals surface area contributed by atoms with Gasteiger partial charge in [-0.3, -0.25) is 4.79 Å². The van der Waals surface area contributed by atoms with E-state index < -0.39 is 5.97 Å². The van der Waals surface area contributed by atoms with Crippen molar-refractivity contribution < 1.29 is 18.7 Å². The third kappa shape index (κ3) is 3.49. The van der Waals surface area contributed by atoms with Gasteiger partial charge in [0.15, 0.2) is 6.61 Å². The van der Waals surface area contributed by atoms with E-state index >= 15 is 0 Å². The van der Waals surface area contributed by atoms with Crippen molar-refractivity contribution in [1.29, 1.82) is 0 Å². The van der Waals surface area contributed by atoms with Gasteiger partial charge in [0, 0.05) is 18.5 Å². The number of anilines is 1. The Labute approximate surface area is 126 Å². The lowest BCUT2D eigenvalue weighted by molar-refractivity contribution is -0.117. The molecule has 1 heterocycles. The third-order valence-corrected chi connectivity index (χ3v) is 3.23. The zero-order valence-corrected chi connectivity index (χ0v) is 12.0. The molecule has 1 aromatic heterocycles. The average molecular weight is 301 g/mol. The SMILES string of the molecule is Cc1nnc(COC(=O)c2ccc(NC(=O)C3CC3)cc2)o1. The third-order valence-electron chi connectivity index (χ3n) is 3.23. The number of carbonyl (C=O) groups is 2. The van der Waals surface area contributed by atoms with Gasteiger partial charge in [-0.05, 0) is 37.1 Å². The minimum atomic E-state index is -0.490. The Morgan fingerprint density at radius 3 is 2.59 bits per heavy atom. The highest BCUT2D eigenvalue weighted by atomic mass is 16.5. The van der Waals surface area contributed by atoms with Crippen LogP contribution in [0.4, 0.5) is 5.69 Å². The predicted molar refractivity (Wildman–Crippen MR) is 76.0 cm³/mol. The van der Waals surface area contributed by atoms with Crippen LogP contribution in [0.5, 0.6) is 0 Å². The van der Waals surface area contributed by atoms with Gasteiger partial charge in [-0.15, -0.1) is 10.2 Å². The molecule has 2 aromatic rings. The van der Waals surface area contributed by atoms with E-state index in [9.17, 15) is 9.59 Å². The summed E-state index contributed by atoms with van der Waals surface area (Å²) in [6.45, 7) is 1.59. The highest BCUT2D eigenvalue weighted by molar-refractivity contribution is 5.95. The number of nitrogens with one attached hydrogen (secondary N) is 1. The molecule has 0 bridgehead atoms. The molecule has 1 aromatic carbocycles. The maximum atomic E-state index is 11.9. The van der Waals surface area contributed by atoms with Gasteiger partial charge in [0.2, 0.25) is 11.8 Å². The first kappa shape index (κ1) is 14.2. The number of carbonyl (C=O) groups excluding carboxylic acids is 2. The number of aromatic nitrogens is 2. The molecule has 22 heavy (non-hydrogen) atoms. The molecule has 0 unspecified atom stereocenters. The van der Waals surface area contributed by atoms with E-state index in [1.54, 1.807) is 31.2 Å². The summed E-state index contributed by atoms with van der Waals surface area (Å²) in [5, 5.41) is 10.2. The van der Waals surface area contributed by atoms with Crippen LogP contribution >= 0.6 is 0 Å². The number of nitrogens with zero attached hydrogens (tertiary/aromatic N) is 2. The number of ether oxygens (including phenoxy) is 1. The van der Waals surface area contributed by atoms with E-state index in [0.717, 1.165) is 12.8 Å². The Kier molecular flexibility index (Phi) is 3.86. The molecule has 1 fully saturated rings. The smallest absolute Gasteiger partial charge is 0.338 e. The lowest BCUT2D eigenvalue weighted by Gasteiger charge is -2.06. The van der Waals surface area contributed by atoms with Crippen LogP contribution in [0.15, 0.2) is 28.7 Å². The molecule has 1 N–H and O–H groups in total. The van der Waals surface area contributed by atoms with Crippen molar-refractivity contribution in [1.82, 2.24) is 10.2 Å². The summed E-state index contributed by atoms with van der Waals surface area (Å²) in [6.07, 6.45) is 1.90. The normalized spacial score (nSPS) is 13.7. The second-order valence-electron chi connectivity index (χ2n) is 5.13. The predicted octanol–water partition coefficient (Wildman–Crippen LogP) is 2.08. The molecule has 114 valence electrons. The van der Waals surface area contributed by atoms with Crippen LogP contribution in [0.25, 0.3) is 0 Å². The van der Waals surface area contributed by atoms with E-state index in [4.69, 9.17) is 9.15 Å². The summed E-state index contributed by atoms with van der Waals surface area (Å²) in [5.74, 6) is 0.349. The van der Waals surface area contributed by atoms with Crippen LogP contribution in [0.3, 0.4) is 0 Å². The average Bonchev–Trinajstić information content (AvgIpc) is 3.29. The van der Waals surface area contributed by atoms with E-state index in [0.29, 0.717) is 17.1 Å². The van der Waals surface area contributed by atoms with Gasteiger partial charge < -0.3 is 14.5 Å². The number of amides is 1. The second-order valence-corrected chi connectivity index (χ2v) is 5.13. The molecular weight excluding hydrogens is 286 g/mol.